The fourth-order valence-electron chi connectivity index (χ4n) is 2.25. The fourth-order valence-corrected chi connectivity index (χ4v) is 2.82. The van der Waals surface area contributed by atoms with Crippen molar-refractivity contribution in [3.05, 3.63) is 33.8 Å². The van der Waals surface area contributed by atoms with Gasteiger partial charge in [0.25, 0.3) is 0 Å². The minimum atomic E-state index is -0.725. The van der Waals surface area contributed by atoms with Crippen LogP contribution in [-0.2, 0) is 21.6 Å². The number of carbonyl (C=O) groups is 1. The third-order valence-electron chi connectivity index (χ3n) is 3.10. The second kappa shape index (κ2) is 4.06. The maximum atomic E-state index is 11.2. The molecule has 1 atom stereocenters. The second-order valence-electron chi connectivity index (χ2n) is 3.83. The van der Waals surface area contributed by atoms with Gasteiger partial charge in [0.2, 0.25) is 0 Å². The van der Waals surface area contributed by atoms with Gasteiger partial charge in [0.1, 0.15) is 5.60 Å². The molecular formula is C12H13BrO2. The monoisotopic (exact) mass is 268 g/mol. The predicted molar refractivity (Wildman–Crippen MR) is 61.8 cm³/mol. The number of aldehydes is 1. The normalized spacial score (nSPS) is 24.7. The molecule has 0 saturated carbocycles. The van der Waals surface area contributed by atoms with E-state index in [2.05, 4.69) is 15.9 Å². The maximum absolute atomic E-state index is 11.2. The highest BCUT2D eigenvalue weighted by atomic mass is 79.9. The van der Waals surface area contributed by atoms with Crippen LogP contribution >= 0.6 is 15.9 Å². The van der Waals surface area contributed by atoms with Crippen LogP contribution in [0.2, 0.25) is 0 Å². The Morgan fingerprint density at radius 3 is 3.00 bits per heavy atom. The minimum absolute atomic E-state index is 0.725. The molecule has 3 heteroatoms. The van der Waals surface area contributed by atoms with Gasteiger partial charge >= 0.3 is 0 Å². The number of halogens is 1. The lowest BCUT2D eigenvalue weighted by atomic mass is 9.80. The summed E-state index contributed by atoms with van der Waals surface area (Å²) in [5, 5.41) is 0. The van der Waals surface area contributed by atoms with E-state index in [0.29, 0.717) is 0 Å². The van der Waals surface area contributed by atoms with E-state index in [1.165, 1.54) is 5.56 Å². The van der Waals surface area contributed by atoms with Crippen molar-refractivity contribution in [3.8, 4) is 0 Å². The largest absolute Gasteiger partial charge is 0.366 e. The number of hydrogen-bond acceptors (Lipinski definition) is 2. The van der Waals surface area contributed by atoms with E-state index >= 15 is 0 Å². The molecule has 15 heavy (non-hydrogen) atoms. The first-order valence-electron chi connectivity index (χ1n) is 5.03. The average Bonchev–Trinajstić information content (AvgIpc) is 2.29. The summed E-state index contributed by atoms with van der Waals surface area (Å²) in [5.74, 6) is 0. The van der Waals surface area contributed by atoms with Crippen LogP contribution < -0.4 is 0 Å². The summed E-state index contributed by atoms with van der Waals surface area (Å²) in [7, 11) is 1.60. The lowest BCUT2D eigenvalue weighted by Crippen LogP contribution is -2.34. The van der Waals surface area contributed by atoms with Gasteiger partial charge < -0.3 is 4.74 Å². The Bertz CT molecular complexity index is 389. The SMILES string of the molecule is COC1(C=O)CCCc2c(Br)cccc21. The molecule has 0 spiro atoms. The Morgan fingerprint density at radius 1 is 1.53 bits per heavy atom. The molecule has 0 fully saturated rings. The Labute approximate surface area is 97.8 Å². The zero-order chi connectivity index (χ0) is 10.9. The van der Waals surface area contributed by atoms with E-state index in [1.807, 2.05) is 18.2 Å². The zero-order valence-electron chi connectivity index (χ0n) is 8.63. The van der Waals surface area contributed by atoms with E-state index in [1.54, 1.807) is 7.11 Å². The molecular weight excluding hydrogens is 256 g/mol. The number of rotatable bonds is 2. The number of hydrogen-bond donors (Lipinski definition) is 0. The Hall–Kier alpha value is -0.670. The lowest BCUT2D eigenvalue weighted by molar-refractivity contribution is -0.130. The molecule has 0 N–H and O–H groups in total. The summed E-state index contributed by atoms with van der Waals surface area (Å²) < 4.78 is 6.49. The molecule has 1 unspecified atom stereocenters. The standard InChI is InChI=1S/C12H13BrO2/c1-15-12(8-14)7-3-4-9-10(12)5-2-6-11(9)13/h2,5-6,8H,3-4,7H2,1H3. The van der Waals surface area contributed by atoms with Crippen LogP contribution in [0.25, 0.3) is 0 Å². The molecule has 2 rings (SSSR count). The molecule has 0 bridgehead atoms. The summed E-state index contributed by atoms with van der Waals surface area (Å²) in [5.41, 5.74) is 1.50. The first-order valence-corrected chi connectivity index (χ1v) is 5.82. The van der Waals surface area contributed by atoms with Crippen molar-refractivity contribution in [1.29, 1.82) is 0 Å². The Balaban J connectivity index is 2.60. The Kier molecular flexibility index (Phi) is 2.94. The smallest absolute Gasteiger partial charge is 0.156 e. The molecule has 0 amide bonds. The van der Waals surface area contributed by atoms with Crippen LogP contribution in [0.1, 0.15) is 24.0 Å². The maximum Gasteiger partial charge on any atom is 0.156 e. The second-order valence-corrected chi connectivity index (χ2v) is 4.69. The zero-order valence-corrected chi connectivity index (χ0v) is 10.2. The van der Waals surface area contributed by atoms with Crippen LogP contribution in [0.5, 0.6) is 0 Å². The quantitative estimate of drug-likeness (QED) is 0.772. The van der Waals surface area contributed by atoms with Crippen molar-refractivity contribution >= 4 is 22.2 Å². The molecule has 1 aliphatic carbocycles. The minimum Gasteiger partial charge on any atom is -0.366 e. The van der Waals surface area contributed by atoms with Crippen molar-refractivity contribution in [3.63, 3.8) is 0 Å². The van der Waals surface area contributed by atoms with E-state index in [9.17, 15) is 4.79 Å². The first-order chi connectivity index (χ1) is 7.23. The van der Waals surface area contributed by atoms with Gasteiger partial charge in [0.05, 0.1) is 0 Å². The Morgan fingerprint density at radius 2 is 2.33 bits per heavy atom. The lowest BCUT2D eigenvalue weighted by Gasteiger charge is -2.33. The van der Waals surface area contributed by atoms with Crippen LogP contribution in [-0.4, -0.2) is 13.4 Å². The topological polar surface area (TPSA) is 26.3 Å². The molecule has 1 aliphatic rings. The van der Waals surface area contributed by atoms with Crippen molar-refractivity contribution in [1.82, 2.24) is 0 Å². The summed E-state index contributed by atoms with van der Waals surface area (Å²) in [4.78, 5) is 11.2. The summed E-state index contributed by atoms with van der Waals surface area (Å²) >= 11 is 3.52. The number of methoxy groups -OCH3 is 1. The molecule has 2 nitrogen and oxygen atoms in total. The van der Waals surface area contributed by atoms with Gasteiger partial charge in [0, 0.05) is 11.6 Å². The van der Waals surface area contributed by atoms with Gasteiger partial charge in [-0.05, 0) is 36.5 Å². The van der Waals surface area contributed by atoms with Crippen LogP contribution in [0, 0.1) is 0 Å². The van der Waals surface area contributed by atoms with E-state index in [4.69, 9.17) is 4.74 Å². The molecule has 1 aromatic rings. The number of ether oxygens (including phenoxy) is 1. The number of benzene rings is 1. The van der Waals surface area contributed by atoms with E-state index < -0.39 is 5.60 Å². The average molecular weight is 269 g/mol. The number of carbonyl (C=O) groups excluding carboxylic acids is 1. The first kappa shape index (κ1) is 10.8. The molecule has 0 heterocycles. The summed E-state index contributed by atoms with van der Waals surface area (Å²) in [6.45, 7) is 0. The van der Waals surface area contributed by atoms with Gasteiger partial charge in [-0.25, -0.2) is 0 Å². The summed E-state index contributed by atoms with van der Waals surface area (Å²) in [6, 6.07) is 5.94. The van der Waals surface area contributed by atoms with Crippen LogP contribution in [0.15, 0.2) is 22.7 Å². The van der Waals surface area contributed by atoms with Gasteiger partial charge in [-0.3, -0.25) is 4.79 Å². The van der Waals surface area contributed by atoms with Crippen molar-refractivity contribution in [2.75, 3.05) is 7.11 Å². The van der Waals surface area contributed by atoms with Crippen molar-refractivity contribution < 1.29 is 9.53 Å². The fraction of sp³-hybridized carbons (Fsp3) is 0.417. The van der Waals surface area contributed by atoms with Gasteiger partial charge in [0.15, 0.2) is 6.29 Å². The van der Waals surface area contributed by atoms with E-state index in [0.717, 1.165) is 35.6 Å². The van der Waals surface area contributed by atoms with Gasteiger partial charge in [-0.2, -0.15) is 0 Å². The third kappa shape index (κ3) is 1.64. The molecule has 80 valence electrons. The van der Waals surface area contributed by atoms with Gasteiger partial charge in [-0.15, -0.1) is 0 Å². The summed E-state index contributed by atoms with van der Waals surface area (Å²) in [6.07, 6.45) is 3.70. The van der Waals surface area contributed by atoms with Crippen LogP contribution in [0.3, 0.4) is 0 Å². The van der Waals surface area contributed by atoms with E-state index in [-0.39, 0.29) is 0 Å². The molecule has 0 radical (unpaired) electrons. The highest BCUT2D eigenvalue weighted by Crippen LogP contribution is 2.39. The predicted octanol–water partition coefficient (Wildman–Crippen LogP) is 2.83. The molecule has 0 saturated heterocycles. The highest BCUT2D eigenvalue weighted by Gasteiger charge is 2.36. The number of fused-ring (bicyclic) bond motifs is 1. The van der Waals surface area contributed by atoms with Crippen molar-refractivity contribution in [2.24, 2.45) is 0 Å². The molecule has 0 aromatic heterocycles. The van der Waals surface area contributed by atoms with Gasteiger partial charge in [-0.1, -0.05) is 28.1 Å². The molecule has 1 aromatic carbocycles. The highest BCUT2D eigenvalue weighted by molar-refractivity contribution is 9.10. The third-order valence-corrected chi connectivity index (χ3v) is 3.85. The van der Waals surface area contributed by atoms with Crippen LogP contribution in [0.4, 0.5) is 0 Å². The molecule has 0 aliphatic heterocycles. The van der Waals surface area contributed by atoms with Crippen molar-refractivity contribution in [2.45, 2.75) is 24.9 Å².